The van der Waals surface area contributed by atoms with E-state index < -0.39 is 11.5 Å². The van der Waals surface area contributed by atoms with Gasteiger partial charge in [0.15, 0.2) is 0 Å². The molecule has 0 bridgehead atoms. The summed E-state index contributed by atoms with van der Waals surface area (Å²) < 4.78 is 5.57. The number of carboxylic acids is 1. The second-order valence-corrected chi connectivity index (χ2v) is 6.14. The van der Waals surface area contributed by atoms with Crippen LogP contribution >= 0.6 is 0 Å². The highest BCUT2D eigenvalue weighted by atomic mass is 16.5. The van der Waals surface area contributed by atoms with Gasteiger partial charge in [-0.2, -0.15) is 0 Å². The maximum atomic E-state index is 11.6. The number of ether oxygens (including phenoxy) is 1. The molecule has 1 atom stereocenters. The average molecular weight is 269 g/mol. The van der Waals surface area contributed by atoms with Crippen LogP contribution in [0.3, 0.4) is 0 Å². The van der Waals surface area contributed by atoms with E-state index in [0.29, 0.717) is 6.54 Å². The molecule has 1 aliphatic heterocycles. The summed E-state index contributed by atoms with van der Waals surface area (Å²) in [6.07, 6.45) is 8.42. The molecule has 4 heteroatoms. The highest BCUT2D eigenvalue weighted by Crippen LogP contribution is 2.34. The van der Waals surface area contributed by atoms with E-state index in [1.165, 1.54) is 12.8 Å². The van der Waals surface area contributed by atoms with Gasteiger partial charge < -0.3 is 9.84 Å². The summed E-state index contributed by atoms with van der Waals surface area (Å²) >= 11 is 0. The van der Waals surface area contributed by atoms with Crippen LogP contribution in [0, 0.1) is 5.92 Å². The Morgan fingerprint density at radius 2 is 2.11 bits per heavy atom. The summed E-state index contributed by atoms with van der Waals surface area (Å²) in [7, 11) is 0. The van der Waals surface area contributed by atoms with Gasteiger partial charge >= 0.3 is 5.97 Å². The molecule has 2 fully saturated rings. The fourth-order valence-electron chi connectivity index (χ4n) is 3.45. The molecule has 1 unspecified atom stereocenters. The van der Waals surface area contributed by atoms with Crippen LogP contribution in [-0.2, 0) is 9.53 Å². The molecule has 4 nitrogen and oxygen atoms in total. The second-order valence-electron chi connectivity index (χ2n) is 6.14. The van der Waals surface area contributed by atoms with Crippen LogP contribution in [0.4, 0.5) is 0 Å². The molecular formula is C15H27NO3. The largest absolute Gasteiger partial charge is 0.480 e. The van der Waals surface area contributed by atoms with E-state index in [4.69, 9.17) is 4.74 Å². The summed E-state index contributed by atoms with van der Waals surface area (Å²) in [5, 5.41) is 12.9. The number of nitrogens with one attached hydrogen (secondary N) is 1. The van der Waals surface area contributed by atoms with Gasteiger partial charge in [0.2, 0.25) is 0 Å². The molecule has 1 aliphatic carbocycles. The van der Waals surface area contributed by atoms with E-state index in [9.17, 15) is 9.90 Å². The molecule has 110 valence electrons. The molecule has 0 aromatic carbocycles. The molecule has 0 spiro atoms. The smallest absolute Gasteiger partial charge is 0.323 e. The Hall–Kier alpha value is -0.610. The predicted molar refractivity (Wildman–Crippen MR) is 74.2 cm³/mol. The van der Waals surface area contributed by atoms with E-state index in [1.807, 2.05) is 0 Å². The van der Waals surface area contributed by atoms with E-state index in [-0.39, 0.29) is 6.10 Å². The minimum atomic E-state index is -0.698. The first-order valence-electron chi connectivity index (χ1n) is 7.76. The number of rotatable bonds is 6. The Bertz CT molecular complexity index is 292. The summed E-state index contributed by atoms with van der Waals surface area (Å²) in [6, 6.07) is 0. The van der Waals surface area contributed by atoms with Gasteiger partial charge in [-0.1, -0.05) is 19.8 Å². The Balaban J connectivity index is 1.86. The van der Waals surface area contributed by atoms with Crippen molar-refractivity contribution >= 4 is 5.97 Å². The van der Waals surface area contributed by atoms with Crippen molar-refractivity contribution in [2.45, 2.75) is 69.9 Å². The lowest BCUT2D eigenvalue weighted by atomic mass is 9.75. The molecule has 0 radical (unpaired) electrons. The Morgan fingerprint density at radius 1 is 1.37 bits per heavy atom. The first kappa shape index (κ1) is 14.8. The first-order valence-corrected chi connectivity index (χ1v) is 7.76. The van der Waals surface area contributed by atoms with Gasteiger partial charge in [0, 0.05) is 13.2 Å². The lowest BCUT2D eigenvalue weighted by Crippen LogP contribution is -2.56. The topological polar surface area (TPSA) is 58.6 Å². The molecule has 1 saturated carbocycles. The van der Waals surface area contributed by atoms with Gasteiger partial charge in [-0.15, -0.1) is 0 Å². The Kier molecular flexibility index (Phi) is 5.22. The fraction of sp³-hybridized carbons (Fsp3) is 0.933. The van der Waals surface area contributed by atoms with Crippen molar-refractivity contribution in [1.29, 1.82) is 0 Å². The standard InChI is InChI=1S/C15H27NO3/c1-2-4-12-6-8-15(9-7-12,14(17)18)16-11-13-5-3-10-19-13/h12-13,16H,2-11H2,1H3,(H,17,18). The van der Waals surface area contributed by atoms with Crippen LogP contribution in [0.25, 0.3) is 0 Å². The zero-order chi connectivity index (χ0) is 13.7. The summed E-state index contributed by atoms with van der Waals surface area (Å²) in [4.78, 5) is 11.6. The van der Waals surface area contributed by atoms with E-state index in [2.05, 4.69) is 12.2 Å². The number of hydrogen-bond donors (Lipinski definition) is 2. The van der Waals surface area contributed by atoms with Crippen LogP contribution in [0.2, 0.25) is 0 Å². The predicted octanol–water partition coefficient (Wildman–Crippen LogP) is 2.57. The third-order valence-electron chi connectivity index (χ3n) is 4.76. The quantitative estimate of drug-likeness (QED) is 0.778. The van der Waals surface area contributed by atoms with Crippen LogP contribution in [0.5, 0.6) is 0 Å². The molecular weight excluding hydrogens is 242 g/mol. The minimum absolute atomic E-state index is 0.213. The van der Waals surface area contributed by atoms with Gasteiger partial charge in [-0.05, 0) is 44.4 Å². The minimum Gasteiger partial charge on any atom is -0.480 e. The molecule has 2 N–H and O–H groups in total. The third-order valence-corrected chi connectivity index (χ3v) is 4.76. The van der Waals surface area contributed by atoms with Crippen LogP contribution < -0.4 is 5.32 Å². The number of hydrogen-bond acceptors (Lipinski definition) is 3. The van der Waals surface area contributed by atoms with Crippen molar-refractivity contribution in [2.75, 3.05) is 13.2 Å². The van der Waals surface area contributed by atoms with Gasteiger partial charge in [0.25, 0.3) is 0 Å². The van der Waals surface area contributed by atoms with Crippen molar-refractivity contribution in [1.82, 2.24) is 5.32 Å². The maximum absolute atomic E-state index is 11.6. The zero-order valence-electron chi connectivity index (χ0n) is 12.0. The first-order chi connectivity index (χ1) is 9.16. The normalized spacial score (nSPS) is 35.4. The van der Waals surface area contributed by atoms with Crippen molar-refractivity contribution < 1.29 is 14.6 Å². The molecule has 0 aromatic rings. The summed E-state index contributed by atoms with van der Waals surface area (Å²) in [5.74, 6) is 0.0439. The summed E-state index contributed by atoms with van der Waals surface area (Å²) in [6.45, 7) is 3.71. The van der Waals surface area contributed by atoms with Crippen LogP contribution in [-0.4, -0.2) is 35.9 Å². The van der Waals surface area contributed by atoms with Gasteiger partial charge in [-0.25, -0.2) is 0 Å². The van der Waals surface area contributed by atoms with Gasteiger partial charge in [-0.3, -0.25) is 10.1 Å². The fourth-order valence-corrected chi connectivity index (χ4v) is 3.45. The number of carbonyl (C=O) groups is 1. The number of aliphatic carboxylic acids is 1. The molecule has 1 heterocycles. The van der Waals surface area contributed by atoms with Crippen molar-refractivity contribution in [3.8, 4) is 0 Å². The van der Waals surface area contributed by atoms with Crippen LogP contribution in [0.1, 0.15) is 58.3 Å². The molecule has 0 amide bonds. The van der Waals surface area contributed by atoms with Crippen molar-refractivity contribution in [3.63, 3.8) is 0 Å². The van der Waals surface area contributed by atoms with E-state index >= 15 is 0 Å². The van der Waals surface area contributed by atoms with Gasteiger partial charge in [0.05, 0.1) is 6.10 Å². The number of carboxylic acid groups (broad SMARTS) is 1. The second kappa shape index (κ2) is 6.71. The zero-order valence-corrected chi connectivity index (χ0v) is 12.0. The molecule has 1 saturated heterocycles. The van der Waals surface area contributed by atoms with Gasteiger partial charge in [0.1, 0.15) is 5.54 Å². The summed E-state index contributed by atoms with van der Waals surface area (Å²) in [5.41, 5.74) is -0.698. The average Bonchev–Trinajstić information content (AvgIpc) is 2.91. The Labute approximate surface area is 115 Å². The highest BCUT2D eigenvalue weighted by molar-refractivity contribution is 5.78. The maximum Gasteiger partial charge on any atom is 0.323 e. The van der Waals surface area contributed by atoms with Crippen LogP contribution in [0.15, 0.2) is 0 Å². The van der Waals surface area contributed by atoms with Crippen molar-refractivity contribution in [2.24, 2.45) is 5.92 Å². The van der Waals surface area contributed by atoms with E-state index in [0.717, 1.165) is 51.0 Å². The van der Waals surface area contributed by atoms with E-state index in [1.54, 1.807) is 0 Å². The molecule has 2 aliphatic rings. The Morgan fingerprint density at radius 3 is 2.63 bits per heavy atom. The molecule has 2 rings (SSSR count). The highest BCUT2D eigenvalue weighted by Gasteiger charge is 2.41. The monoisotopic (exact) mass is 269 g/mol. The SMILES string of the molecule is CCCC1CCC(NCC2CCCO2)(C(=O)O)CC1. The molecule has 19 heavy (non-hydrogen) atoms. The lowest BCUT2D eigenvalue weighted by molar-refractivity contribution is -0.147. The lowest BCUT2D eigenvalue weighted by Gasteiger charge is -2.38. The molecule has 0 aromatic heterocycles. The third kappa shape index (κ3) is 3.69. The van der Waals surface area contributed by atoms with Crippen molar-refractivity contribution in [3.05, 3.63) is 0 Å².